The number of nitrogens with one attached hydrogen (secondary N) is 1. The van der Waals surface area contributed by atoms with E-state index in [1.807, 2.05) is 18.2 Å². The SMILES string of the molecule is CNC(=O)c1ccc(CN2CCO[C@H](c3ccc4cc(OC)ccc4c3)C2)o1. The van der Waals surface area contributed by atoms with Crippen molar-refractivity contribution in [3.8, 4) is 5.75 Å². The van der Waals surface area contributed by atoms with E-state index in [0.717, 1.165) is 35.5 Å². The molecule has 6 heteroatoms. The lowest BCUT2D eigenvalue weighted by molar-refractivity contribution is -0.0346. The minimum Gasteiger partial charge on any atom is -0.497 e. The average Bonchev–Trinajstić information content (AvgIpc) is 3.21. The maximum atomic E-state index is 11.7. The number of benzene rings is 2. The highest BCUT2D eigenvalue weighted by Crippen LogP contribution is 2.28. The number of amides is 1. The first kappa shape index (κ1) is 18.5. The Morgan fingerprint density at radius 2 is 2.00 bits per heavy atom. The standard InChI is InChI=1S/C22H24N2O4/c1-23-22(25)20-8-7-19(28-20)13-24-9-10-27-21(14-24)17-4-3-16-12-18(26-2)6-5-15(16)11-17/h3-8,11-12,21H,9-10,13-14H2,1-2H3,(H,23,25)/t21-/m0/s1. The van der Waals surface area contributed by atoms with Crippen LogP contribution in [-0.4, -0.2) is 44.7 Å². The number of ether oxygens (including phenoxy) is 2. The van der Waals surface area contributed by atoms with E-state index in [4.69, 9.17) is 13.9 Å². The fourth-order valence-corrected chi connectivity index (χ4v) is 3.55. The van der Waals surface area contributed by atoms with Crippen molar-refractivity contribution < 1.29 is 18.7 Å². The summed E-state index contributed by atoms with van der Waals surface area (Å²) < 4.78 is 17.0. The van der Waals surface area contributed by atoms with Crippen molar-refractivity contribution in [1.82, 2.24) is 10.2 Å². The van der Waals surface area contributed by atoms with E-state index in [2.05, 4.69) is 34.5 Å². The number of furan rings is 1. The molecular weight excluding hydrogens is 356 g/mol. The van der Waals surface area contributed by atoms with E-state index < -0.39 is 0 Å². The second-order valence-corrected chi connectivity index (χ2v) is 6.91. The van der Waals surface area contributed by atoms with Gasteiger partial charge in [-0.3, -0.25) is 9.69 Å². The van der Waals surface area contributed by atoms with Crippen LogP contribution in [0.1, 0.15) is 28.0 Å². The van der Waals surface area contributed by atoms with Crippen LogP contribution in [0.5, 0.6) is 5.75 Å². The minimum atomic E-state index is -0.209. The number of methoxy groups -OCH3 is 1. The number of carbonyl (C=O) groups excluding carboxylic acids is 1. The van der Waals surface area contributed by atoms with E-state index in [0.29, 0.717) is 18.9 Å². The third kappa shape index (κ3) is 3.88. The summed E-state index contributed by atoms with van der Waals surface area (Å²) in [7, 11) is 3.27. The van der Waals surface area contributed by atoms with Crippen molar-refractivity contribution in [2.45, 2.75) is 12.6 Å². The van der Waals surface area contributed by atoms with E-state index in [1.54, 1.807) is 20.2 Å². The van der Waals surface area contributed by atoms with Gasteiger partial charge in [0.1, 0.15) is 11.5 Å². The molecule has 4 rings (SSSR count). The van der Waals surface area contributed by atoms with Gasteiger partial charge in [0.2, 0.25) is 0 Å². The van der Waals surface area contributed by atoms with Crippen LogP contribution < -0.4 is 10.1 Å². The number of hydrogen-bond donors (Lipinski definition) is 1. The highest BCUT2D eigenvalue weighted by atomic mass is 16.5. The molecule has 28 heavy (non-hydrogen) atoms. The molecule has 0 spiro atoms. The summed E-state index contributed by atoms with van der Waals surface area (Å²) in [6.45, 7) is 2.92. The number of nitrogens with zero attached hydrogens (tertiary/aromatic N) is 1. The normalized spacial score (nSPS) is 17.6. The molecule has 1 amide bonds. The summed E-state index contributed by atoms with van der Waals surface area (Å²) in [5.41, 5.74) is 1.16. The molecule has 0 aliphatic carbocycles. The highest BCUT2D eigenvalue weighted by Gasteiger charge is 2.23. The Morgan fingerprint density at radius 1 is 1.18 bits per heavy atom. The van der Waals surface area contributed by atoms with Crippen molar-refractivity contribution in [1.29, 1.82) is 0 Å². The first-order valence-electron chi connectivity index (χ1n) is 9.39. The average molecular weight is 380 g/mol. The third-order valence-corrected chi connectivity index (χ3v) is 5.09. The zero-order valence-electron chi connectivity index (χ0n) is 16.1. The summed E-state index contributed by atoms with van der Waals surface area (Å²) in [6, 6.07) is 16.1. The summed E-state index contributed by atoms with van der Waals surface area (Å²) in [5.74, 6) is 1.77. The Kier molecular flexibility index (Phi) is 5.32. The second kappa shape index (κ2) is 8.04. The van der Waals surface area contributed by atoms with E-state index >= 15 is 0 Å². The van der Waals surface area contributed by atoms with Crippen molar-refractivity contribution in [2.75, 3.05) is 33.9 Å². The smallest absolute Gasteiger partial charge is 0.286 e. The van der Waals surface area contributed by atoms with Crippen molar-refractivity contribution in [3.63, 3.8) is 0 Å². The molecule has 146 valence electrons. The fourth-order valence-electron chi connectivity index (χ4n) is 3.55. The quantitative estimate of drug-likeness (QED) is 0.735. The Labute approximate surface area is 164 Å². The van der Waals surface area contributed by atoms with Gasteiger partial charge < -0.3 is 19.2 Å². The monoisotopic (exact) mass is 380 g/mol. The molecule has 0 bridgehead atoms. The molecular formula is C22H24N2O4. The summed E-state index contributed by atoms with van der Waals surface area (Å²) in [5, 5.41) is 4.89. The molecule has 1 N–H and O–H groups in total. The van der Waals surface area contributed by atoms with Crippen LogP contribution in [0.25, 0.3) is 10.8 Å². The topological polar surface area (TPSA) is 63.9 Å². The molecule has 2 aromatic carbocycles. The number of rotatable bonds is 5. The Hall–Kier alpha value is -2.83. The first-order chi connectivity index (χ1) is 13.7. The maximum absolute atomic E-state index is 11.7. The largest absolute Gasteiger partial charge is 0.497 e. The highest BCUT2D eigenvalue weighted by molar-refractivity contribution is 5.91. The summed E-state index contributed by atoms with van der Waals surface area (Å²) in [6.07, 6.45) is 0.00799. The fraction of sp³-hybridized carbons (Fsp3) is 0.318. The Bertz CT molecular complexity index is 982. The molecule has 1 aliphatic heterocycles. The first-order valence-corrected chi connectivity index (χ1v) is 9.39. The van der Waals surface area contributed by atoms with E-state index in [-0.39, 0.29) is 12.0 Å². The number of hydrogen-bond acceptors (Lipinski definition) is 5. The molecule has 1 aliphatic rings. The molecule has 0 saturated carbocycles. The maximum Gasteiger partial charge on any atom is 0.286 e. The van der Waals surface area contributed by atoms with Gasteiger partial charge in [-0.25, -0.2) is 0 Å². The van der Waals surface area contributed by atoms with Gasteiger partial charge in [0.15, 0.2) is 5.76 Å². The van der Waals surface area contributed by atoms with Crippen LogP contribution in [0.3, 0.4) is 0 Å². The Balaban J connectivity index is 1.46. The van der Waals surface area contributed by atoms with Gasteiger partial charge in [-0.15, -0.1) is 0 Å². The zero-order valence-corrected chi connectivity index (χ0v) is 16.1. The molecule has 1 fully saturated rings. The molecule has 3 aromatic rings. The number of carbonyl (C=O) groups is 1. The predicted octanol–water partition coefficient (Wildman–Crippen LogP) is 3.37. The molecule has 6 nitrogen and oxygen atoms in total. The molecule has 2 heterocycles. The second-order valence-electron chi connectivity index (χ2n) is 6.91. The lowest BCUT2D eigenvalue weighted by Gasteiger charge is -2.32. The van der Waals surface area contributed by atoms with Crippen molar-refractivity contribution >= 4 is 16.7 Å². The summed E-state index contributed by atoms with van der Waals surface area (Å²) in [4.78, 5) is 13.9. The molecule has 0 unspecified atom stereocenters. The number of fused-ring (bicyclic) bond motifs is 1. The zero-order chi connectivity index (χ0) is 19.5. The summed E-state index contributed by atoms with van der Waals surface area (Å²) >= 11 is 0. The molecule has 1 atom stereocenters. The van der Waals surface area contributed by atoms with Crippen LogP contribution in [0, 0.1) is 0 Å². The number of morpholine rings is 1. The molecule has 0 radical (unpaired) electrons. The predicted molar refractivity (Wildman–Crippen MR) is 107 cm³/mol. The van der Waals surface area contributed by atoms with Gasteiger partial charge in [0.25, 0.3) is 5.91 Å². The third-order valence-electron chi connectivity index (χ3n) is 5.09. The van der Waals surface area contributed by atoms with Gasteiger partial charge in [-0.2, -0.15) is 0 Å². The van der Waals surface area contributed by atoms with Gasteiger partial charge in [-0.1, -0.05) is 18.2 Å². The minimum absolute atomic E-state index is 0.00799. The Morgan fingerprint density at radius 3 is 2.82 bits per heavy atom. The van der Waals surface area contributed by atoms with Gasteiger partial charge >= 0.3 is 0 Å². The van der Waals surface area contributed by atoms with Crippen LogP contribution >= 0.6 is 0 Å². The van der Waals surface area contributed by atoms with Crippen LogP contribution in [0.2, 0.25) is 0 Å². The lowest BCUT2D eigenvalue weighted by atomic mass is 10.0. The van der Waals surface area contributed by atoms with Gasteiger partial charge in [-0.05, 0) is 46.7 Å². The van der Waals surface area contributed by atoms with Crippen LogP contribution in [0.4, 0.5) is 0 Å². The van der Waals surface area contributed by atoms with Crippen LogP contribution in [-0.2, 0) is 11.3 Å². The lowest BCUT2D eigenvalue weighted by Crippen LogP contribution is -2.37. The molecule has 1 aromatic heterocycles. The van der Waals surface area contributed by atoms with Crippen LogP contribution in [0.15, 0.2) is 52.9 Å². The van der Waals surface area contributed by atoms with Gasteiger partial charge in [0.05, 0.1) is 26.4 Å². The van der Waals surface area contributed by atoms with E-state index in [1.165, 1.54) is 5.39 Å². The van der Waals surface area contributed by atoms with Crippen molar-refractivity contribution in [2.24, 2.45) is 0 Å². The molecule has 1 saturated heterocycles. The van der Waals surface area contributed by atoms with E-state index in [9.17, 15) is 4.79 Å². The van der Waals surface area contributed by atoms with Gasteiger partial charge in [0, 0.05) is 20.1 Å². The van der Waals surface area contributed by atoms with Crippen molar-refractivity contribution in [3.05, 3.63) is 65.6 Å².